The van der Waals surface area contributed by atoms with Crippen LogP contribution in [0, 0.1) is 0 Å². The van der Waals surface area contributed by atoms with Crippen LogP contribution in [0.5, 0.6) is 0 Å². The van der Waals surface area contributed by atoms with E-state index < -0.39 is 0 Å². The van der Waals surface area contributed by atoms with Gasteiger partial charge in [0, 0.05) is 19.1 Å². The lowest BCUT2D eigenvalue weighted by molar-refractivity contribution is 0.141. The Balaban J connectivity index is 1.57. The molecular weight excluding hydrogens is 258 g/mol. The van der Waals surface area contributed by atoms with E-state index >= 15 is 0 Å². The molecule has 3 rings (SSSR count). The Morgan fingerprint density at radius 3 is 2.42 bits per heavy atom. The van der Waals surface area contributed by atoms with Crippen LogP contribution in [-0.4, -0.2) is 42.1 Å². The van der Waals surface area contributed by atoms with Gasteiger partial charge in [-0.15, -0.1) is 0 Å². The molecule has 3 nitrogen and oxygen atoms in total. The number of hydrogen-bond acceptors (Lipinski definition) is 3. The van der Waals surface area contributed by atoms with Crippen LogP contribution in [0.15, 0.2) is 18.2 Å². The van der Waals surface area contributed by atoms with E-state index in [1.165, 1.54) is 45.2 Å². The fourth-order valence-corrected chi connectivity index (χ4v) is 3.48. The fourth-order valence-electron chi connectivity index (χ4n) is 3.32. The molecule has 0 spiro atoms. The Labute approximate surface area is 120 Å². The smallest absolute Gasteiger partial charge is 0.131 e. The molecule has 1 aromatic heterocycles. The lowest BCUT2D eigenvalue weighted by Crippen LogP contribution is -2.46. The Morgan fingerprint density at radius 2 is 1.74 bits per heavy atom. The zero-order chi connectivity index (χ0) is 13.1. The molecule has 0 atom stereocenters. The Kier molecular flexibility index (Phi) is 4.24. The van der Waals surface area contributed by atoms with Crippen LogP contribution >= 0.6 is 11.6 Å². The van der Waals surface area contributed by atoms with Crippen molar-refractivity contribution in [3.63, 3.8) is 0 Å². The van der Waals surface area contributed by atoms with Crippen LogP contribution < -0.4 is 4.90 Å². The van der Waals surface area contributed by atoms with Gasteiger partial charge in [-0.1, -0.05) is 24.1 Å². The molecule has 0 bridgehead atoms. The third-order valence-electron chi connectivity index (χ3n) is 4.40. The van der Waals surface area contributed by atoms with Crippen LogP contribution in [0.2, 0.25) is 5.15 Å². The normalized spacial score (nSPS) is 22.7. The van der Waals surface area contributed by atoms with E-state index in [-0.39, 0.29) is 0 Å². The molecule has 0 unspecified atom stereocenters. The standard InChI is InChI=1S/C15H22ClN3/c16-14-5-4-6-15(17-14)19-11-7-13(8-12-19)18-9-2-1-3-10-18/h4-6,13H,1-3,7-12H2. The van der Waals surface area contributed by atoms with Crippen molar-refractivity contribution in [3.05, 3.63) is 23.4 Å². The average Bonchev–Trinajstić information content (AvgIpc) is 2.48. The molecule has 0 aliphatic carbocycles. The molecule has 0 N–H and O–H groups in total. The Bertz CT molecular complexity index is 410. The number of aromatic nitrogens is 1. The monoisotopic (exact) mass is 279 g/mol. The number of hydrogen-bond donors (Lipinski definition) is 0. The average molecular weight is 280 g/mol. The van der Waals surface area contributed by atoms with E-state index in [1.54, 1.807) is 0 Å². The third kappa shape index (κ3) is 3.21. The minimum atomic E-state index is 0.593. The highest BCUT2D eigenvalue weighted by Gasteiger charge is 2.25. The molecule has 104 valence electrons. The summed E-state index contributed by atoms with van der Waals surface area (Å²) in [6.45, 7) is 4.82. The third-order valence-corrected chi connectivity index (χ3v) is 4.61. The van der Waals surface area contributed by atoms with Crippen LogP contribution in [0.25, 0.3) is 0 Å². The van der Waals surface area contributed by atoms with Gasteiger partial charge in [-0.3, -0.25) is 0 Å². The molecule has 19 heavy (non-hydrogen) atoms. The summed E-state index contributed by atoms with van der Waals surface area (Å²) in [6.07, 6.45) is 6.70. The Hall–Kier alpha value is -0.800. The van der Waals surface area contributed by atoms with Crippen molar-refractivity contribution in [1.29, 1.82) is 0 Å². The van der Waals surface area contributed by atoms with Gasteiger partial charge in [0.15, 0.2) is 0 Å². The van der Waals surface area contributed by atoms with Crippen LogP contribution in [0.3, 0.4) is 0 Å². The topological polar surface area (TPSA) is 19.4 Å². The number of anilines is 1. The molecular formula is C15H22ClN3. The molecule has 0 radical (unpaired) electrons. The van der Waals surface area contributed by atoms with Crippen LogP contribution in [0.4, 0.5) is 5.82 Å². The largest absolute Gasteiger partial charge is 0.356 e. The first kappa shape index (κ1) is 13.2. The molecule has 4 heteroatoms. The summed E-state index contributed by atoms with van der Waals surface area (Å²) in [7, 11) is 0. The van der Waals surface area contributed by atoms with Crippen LogP contribution in [0.1, 0.15) is 32.1 Å². The maximum absolute atomic E-state index is 5.97. The van der Waals surface area contributed by atoms with Gasteiger partial charge in [0.25, 0.3) is 0 Å². The quantitative estimate of drug-likeness (QED) is 0.775. The molecule has 3 heterocycles. The summed E-state index contributed by atoms with van der Waals surface area (Å²) in [6, 6.07) is 6.68. The van der Waals surface area contributed by atoms with Gasteiger partial charge in [-0.2, -0.15) is 0 Å². The van der Waals surface area contributed by atoms with Crippen molar-refractivity contribution < 1.29 is 0 Å². The first-order chi connectivity index (χ1) is 9.33. The lowest BCUT2D eigenvalue weighted by Gasteiger charge is -2.40. The van der Waals surface area contributed by atoms with Crippen molar-refractivity contribution in [2.75, 3.05) is 31.1 Å². The fraction of sp³-hybridized carbons (Fsp3) is 0.667. The van der Waals surface area contributed by atoms with Crippen molar-refractivity contribution in [2.24, 2.45) is 0 Å². The van der Waals surface area contributed by atoms with Gasteiger partial charge in [0.2, 0.25) is 0 Å². The molecule has 1 aromatic rings. The number of nitrogens with zero attached hydrogens (tertiary/aromatic N) is 3. The second-order valence-corrected chi connectivity index (χ2v) is 6.02. The number of likely N-dealkylation sites (tertiary alicyclic amines) is 1. The highest BCUT2D eigenvalue weighted by atomic mass is 35.5. The zero-order valence-electron chi connectivity index (χ0n) is 11.4. The summed E-state index contributed by atoms with van der Waals surface area (Å²) in [4.78, 5) is 9.48. The van der Waals surface area contributed by atoms with E-state index in [9.17, 15) is 0 Å². The second-order valence-electron chi connectivity index (χ2n) is 5.63. The van der Waals surface area contributed by atoms with E-state index in [2.05, 4.69) is 20.9 Å². The highest BCUT2D eigenvalue weighted by molar-refractivity contribution is 6.29. The molecule has 2 aliphatic heterocycles. The van der Waals surface area contributed by atoms with Gasteiger partial charge in [0.05, 0.1) is 0 Å². The van der Waals surface area contributed by atoms with Crippen LogP contribution in [-0.2, 0) is 0 Å². The first-order valence-electron chi connectivity index (χ1n) is 7.44. The summed E-state index contributed by atoms with van der Waals surface area (Å²) in [5.74, 6) is 1.03. The molecule has 0 aromatic carbocycles. The highest BCUT2D eigenvalue weighted by Crippen LogP contribution is 2.24. The maximum atomic E-state index is 5.97. The molecule has 2 fully saturated rings. The van der Waals surface area contributed by atoms with Gasteiger partial charge in [0.1, 0.15) is 11.0 Å². The second kappa shape index (κ2) is 6.10. The van der Waals surface area contributed by atoms with Gasteiger partial charge in [-0.05, 0) is 50.9 Å². The summed E-state index contributed by atoms with van der Waals surface area (Å²) in [5, 5.41) is 0.593. The van der Waals surface area contributed by atoms with Crippen molar-refractivity contribution in [3.8, 4) is 0 Å². The summed E-state index contributed by atoms with van der Waals surface area (Å²) >= 11 is 5.97. The van der Waals surface area contributed by atoms with E-state index in [1.807, 2.05) is 12.1 Å². The zero-order valence-corrected chi connectivity index (χ0v) is 12.1. The number of rotatable bonds is 2. The minimum absolute atomic E-state index is 0.593. The number of piperidine rings is 2. The first-order valence-corrected chi connectivity index (χ1v) is 7.82. The minimum Gasteiger partial charge on any atom is -0.356 e. The van der Waals surface area contributed by atoms with E-state index in [4.69, 9.17) is 11.6 Å². The molecule has 2 saturated heterocycles. The summed E-state index contributed by atoms with van der Waals surface area (Å²) < 4.78 is 0. The SMILES string of the molecule is Clc1cccc(N2CCC(N3CCCCC3)CC2)n1. The molecule has 0 saturated carbocycles. The number of pyridine rings is 1. The van der Waals surface area contributed by atoms with Gasteiger partial charge < -0.3 is 9.80 Å². The molecule has 2 aliphatic rings. The van der Waals surface area contributed by atoms with Gasteiger partial charge >= 0.3 is 0 Å². The maximum Gasteiger partial charge on any atom is 0.131 e. The predicted molar refractivity (Wildman–Crippen MR) is 79.9 cm³/mol. The molecule has 0 amide bonds. The Morgan fingerprint density at radius 1 is 1.00 bits per heavy atom. The van der Waals surface area contributed by atoms with Crippen molar-refractivity contribution >= 4 is 17.4 Å². The summed E-state index contributed by atoms with van der Waals surface area (Å²) in [5.41, 5.74) is 0. The number of halogens is 1. The van der Waals surface area contributed by atoms with Gasteiger partial charge in [-0.25, -0.2) is 4.98 Å². The lowest BCUT2D eigenvalue weighted by atomic mass is 10.00. The van der Waals surface area contributed by atoms with Crippen molar-refractivity contribution in [1.82, 2.24) is 9.88 Å². The van der Waals surface area contributed by atoms with E-state index in [0.29, 0.717) is 5.15 Å². The van der Waals surface area contributed by atoms with Crippen molar-refractivity contribution in [2.45, 2.75) is 38.1 Å². The van der Waals surface area contributed by atoms with E-state index in [0.717, 1.165) is 24.9 Å². The predicted octanol–water partition coefficient (Wildman–Crippen LogP) is 3.19.